The number of carbonyl (C=O) groups is 2. The van der Waals surface area contributed by atoms with Crippen molar-refractivity contribution >= 4 is 11.9 Å². The Hall–Kier alpha value is -2.03. The van der Waals surface area contributed by atoms with Crippen molar-refractivity contribution in [3.63, 3.8) is 0 Å². The van der Waals surface area contributed by atoms with Gasteiger partial charge in [0.15, 0.2) is 0 Å². The molecule has 0 radical (unpaired) electrons. The number of esters is 2. The van der Waals surface area contributed by atoms with E-state index >= 15 is 0 Å². The van der Waals surface area contributed by atoms with Crippen LogP contribution in [-0.4, -0.2) is 84.4 Å². The smallest absolute Gasteiger partial charge is 0.305 e. The Morgan fingerprint density at radius 2 is 0.803 bits per heavy atom. The molecule has 0 aliphatic carbocycles. The SMILES string of the molecule is CCCCCCCCC(CCCCCCCC)COC(=O)CCCCCN(CCO)CCN(CCCCCC(=O)OCC(CCCCCCCC)CCCCCCCC)Cc1ccncc1. The van der Waals surface area contributed by atoms with E-state index in [1.54, 1.807) is 0 Å². The molecule has 0 aliphatic rings. The highest BCUT2D eigenvalue weighted by Crippen LogP contribution is 2.22. The Bertz CT molecular complexity index is 1140. The number of nitrogens with zero attached hydrogens (tertiary/aromatic N) is 3. The van der Waals surface area contributed by atoms with Crippen LogP contribution in [0.25, 0.3) is 0 Å². The van der Waals surface area contributed by atoms with E-state index in [1.165, 1.54) is 185 Å². The fourth-order valence-electron chi connectivity index (χ4n) is 9.38. The minimum Gasteiger partial charge on any atom is -0.465 e. The molecule has 0 unspecified atom stereocenters. The number of aromatic nitrogens is 1. The van der Waals surface area contributed by atoms with Crippen molar-refractivity contribution in [1.82, 2.24) is 14.8 Å². The molecule has 1 rings (SSSR count). The average Bonchev–Trinajstić information content (AvgIpc) is 3.32. The lowest BCUT2D eigenvalue weighted by atomic mass is 9.94. The maximum atomic E-state index is 12.9. The minimum atomic E-state index is -0.0343. The molecule has 0 spiro atoms. The monoisotopic (exact) mass is 928 g/mol. The molecular formula is C58H109N3O5. The van der Waals surface area contributed by atoms with Crippen molar-refractivity contribution in [3.05, 3.63) is 30.1 Å². The molecular weight excluding hydrogens is 819 g/mol. The quantitative estimate of drug-likeness (QED) is 0.0510. The Labute approximate surface area is 409 Å². The average molecular weight is 929 g/mol. The van der Waals surface area contributed by atoms with E-state index < -0.39 is 0 Å². The second-order valence-electron chi connectivity index (χ2n) is 20.1. The first-order valence-corrected chi connectivity index (χ1v) is 28.7. The standard InChI is InChI=1S/C58H109N3O5/c1-5-9-13-17-21-27-35-55(36-28-22-18-14-10-6-2)52-65-57(63)39-31-25-33-45-60(49-50-62)47-48-61(51-54-41-43-59-44-42-54)46-34-26-32-40-58(64)66-53-56(37-29-23-19-15-11-7-3)38-30-24-20-16-12-8-4/h41-44,55-56,62H,5-40,45-53H2,1-4H3. The van der Waals surface area contributed by atoms with E-state index in [0.29, 0.717) is 44.4 Å². The van der Waals surface area contributed by atoms with Gasteiger partial charge < -0.3 is 14.6 Å². The molecule has 0 aliphatic heterocycles. The third-order valence-electron chi connectivity index (χ3n) is 13.8. The molecule has 66 heavy (non-hydrogen) atoms. The summed E-state index contributed by atoms with van der Waals surface area (Å²) < 4.78 is 11.8. The number of unbranched alkanes of at least 4 members (excludes halogenated alkanes) is 24. The molecule has 8 heteroatoms. The van der Waals surface area contributed by atoms with Crippen molar-refractivity contribution in [2.24, 2.45) is 11.8 Å². The summed E-state index contributed by atoms with van der Waals surface area (Å²) in [5, 5.41) is 9.92. The van der Waals surface area contributed by atoms with Gasteiger partial charge >= 0.3 is 11.9 Å². The van der Waals surface area contributed by atoms with Crippen molar-refractivity contribution in [3.8, 4) is 0 Å². The summed E-state index contributed by atoms with van der Waals surface area (Å²) in [6.07, 6.45) is 46.7. The zero-order valence-corrected chi connectivity index (χ0v) is 44.2. The van der Waals surface area contributed by atoms with Crippen LogP contribution in [0.15, 0.2) is 24.5 Å². The van der Waals surface area contributed by atoms with Crippen LogP contribution in [0.1, 0.15) is 264 Å². The third-order valence-corrected chi connectivity index (χ3v) is 13.8. The molecule has 386 valence electrons. The topological polar surface area (TPSA) is 92.2 Å². The first-order chi connectivity index (χ1) is 32.4. The Morgan fingerprint density at radius 1 is 0.455 bits per heavy atom. The van der Waals surface area contributed by atoms with E-state index in [0.717, 1.165) is 71.2 Å². The van der Waals surface area contributed by atoms with Crippen molar-refractivity contribution in [2.45, 2.75) is 265 Å². The van der Waals surface area contributed by atoms with E-state index in [-0.39, 0.29) is 18.5 Å². The number of carbonyl (C=O) groups excluding carboxylic acids is 2. The highest BCUT2D eigenvalue weighted by Gasteiger charge is 2.15. The zero-order valence-electron chi connectivity index (χ0n) is 44.2. The molecule has 0 aromatic carbocycles. The molecule has 1 aromatic heterocycles. The summed E-state index contributed by atoms with van der Waals surface area (Å²) in [7, 11) is 0. The summed E-state index contributed by atoms with van der Waals surface area (Å²) in [4.78, 5) is 34.8. The highest BCUT2D eigenvalue weighted by atomic mass is 16.5. The van der Waals surface area contributed by atoms with E-state index in [4.69, 9.17) is 9.47 Å². The van der Waals surface area contributed by atoms with Gasteiger partial charge in [0.2, 0.25) is 0 Å². The van der Waals surface area contributed by atoms with Gasteiger partial charge in [-0.3, -0.25) is 24.4 Å². The van der Waals surface area contributed by atoms with Gasteiger partial charge in [-0.25, -0.2) is 0 Å². The molecule has 0 amide bonds. The molecule has 8 nitrogen and oxygen atoms in total. The number of ether oxygens (including phenoxy) is 2. The fourth-order valence-corrected chi connectivity index (χ4v) is 9.38. The van der Waals surface area contributed by atoms with Crippen LogP contribution in [0.3, 0.4) is 0 Å². The van der Waals surface area contributed by atoms with Crippen LogP contribution < -0.4 is 0 Å². The summed E-state index contributed by atoms with van der Waals surface area (Å²) in [5.41, 5.74) is 1.25. The van der Waals surface area contributed by atoms with Gasteiger partial charge in [-0.05, 0) is 94.0 Å². The molecule has 0 saturated carbocycles. The third kappa shape index (κ3) is 39.9. The van der Waals surface area contributed by atoms with Gasteiger partial charge in [0, 0.05) is 51.4 Å². The maximum absolute atomic E-state index is 12.9. The van der Waals surface area contributed by atoms with E-state index in [9.17, 15) is 14.7 Å². The van der Waals surface area contributed by atoms with Crippen LogP contribution in [0.2, 0.25) is 0 Å². The van der Waals surface area contributed by atoms with Crippen LogP contribution in [0.5, 0.6) is 0 Å². The molecule has 1 N–H and O–H groups in total. The Morgan fingerprint density at radius 3 is 1.20 bits per heavy atom. The number of pyridine rings is 1. The molecule has 0 bridgehead atoms. The second kappa shape index (κ2) is 48.0. The Balaban J connectivity index is 2.50. The van der Waals surface area contributed by atoms with Crippen LogP contribution in [0.4, 0.5) is 0 Å². The van der Waals surface area contributed by atoms with Crippen LogP contribution in [0, 0.1) is 11.8 Å². The summed E-state index contributed by atoms with van der Waals surface area (Å²) >= 11 is 0. The fraction of sp³-hybridized carbons (Fsp3) is 0.879. The zero-order chi connectivity index (χ0) is 47.8. The number of rotatable bonds is 51. The Kier molecular flexibility index (Phi) is 45.1. The van der Waals surface area contributed by atoms with Gasteiger partial charge in [0.1, 0.15) is 0 Å². The summed E-state index contributed by atoms with van der Waals surface area (Å²) in [6, 6.07) is 4.19. The van der Waals surface area contributed by atoms with E-state index in [2.05, 4.69) is 54.6 Å². The van der Waals surface area contributed by atoms with Crippen molar-refractivity contribution in [2.75, 3.05) is 52.5 Å². The summed E-state index contributed by atoms with van der Waals surface area (Å²) in [6.45, 7) is 15.6. The minimum absolute atomic E-state index is 0.0256. The largest absolute Gasteiger partial charge is 0.465 e. The first-order valence-electron chi connectivity index (χ1n) is 28.7. The number of hydrogen-bond donors (Lipinski definition) is 1. The lowest BCUT2D eigenvalue weighted by Gasteiger charge is -2.27. The molecule has 1 aromatic rings. The van der Waals surface area contributed by atoms with Crippen molar-refractivity contribution in [1.29, 1.82) is 0 Å². The number of aliphatic hydroxyl groups excluding tert-OH is 1. The van der Waals surface area contributed by atoms with Crippen LogP contribution in [-0.2, 0) is 25.6 Å². The van der Waals surface area contributed by atoms with Gasteiger partial charge in [-0.2, -0.15) is 0 Å². The number of aliphatic hydroxyl groups is 1. The first kappa shape index (κ1) is 62.0. The summed E-state index contributed by atoms with van der Waals surface area (Å²) in [5.74, 6) is 0.946. The normalized spacial score (nSPS) is 11.8. The van der Waals surface area contributed by atoms with Crippen LogP contribution >= 0.6 is 0 Å². The molecule has 0 atom stereocenters. The second-order valence-corrected chi connectivity index (χ2v) is 20.1. The van der Waals surface area contributed by atoms with Gasteiger partial charge in [-0.1, -0.05) is 195 Å². The van der Waals surface area contributed by atoms with Gasteiger partial charge in [0.05, 0.1) is 19.8 Å². The molecule has 0 fully saturated rings. The van der Waals surface area contributed by atoms with Gasteiger partial charge in [-0.15, -0.1) is 0 Å². The molecule has 1 heterocycles. The number of hydrogen-bond acceptors (Lipinski definition) is 8. The van der Waals surface area contributed by atoms with Gasteiger partial charge in [0.25, 0.3) is 0 Å². The lowest BCUT2D eigenvalue weighted by Crippen LogP contribution is -2.37. The molecule has 0 saturated heterocycles. The van der Waals surface area contributed by atoms with E-state index in [1.807, 2.05) is 12.4 Å². The predicted molar refractivity (Wildman–Crippen MR) is 281 cm³/mol. The highest BCUT2D eigenvalue weighted by molar-refractivity contribution is 5.69. The predicted octanol–water partition coefficient (Wildman–Crippen LogP) is 15.6. The maximum Gasteiger partial charge on any atom is 0.305 e. The lowest BCUT2D eigenvalue weighted by molar-refractivity contribution is -0.146. The van der Waals surface area contributed by atoms with Crippen molar-refractivity contribution < 1.29 is 24.2 Å².